The molecule has 0 aliphatic heterocycles. The van der Waals surface area contributed by atoms with E-state index in [1.54, 1.807) is 12.1 Å². The van der Waals surface area contributed by atoms with Crippen LogP contribution in [-0.4, -0.2) is 16.9 Å². The van der Waals surface area contributed by atoms with Gasteiger partial charge in [-0.2, -0.15) is 0 Å². The van der Waals surface area contributed by atoms with Crippen molar-refractivity contribution < 1.29 is 14.7 Å². The van der Waals surface area contributed by atoms with Gasteiger partial charge in [-0.15, -0.1) is 0 Å². The minimum atomic E-state index is -0.958. The number of carboxylic acids is 1. The molecule has 0 aromatic heterocycles. The molecule has 2 rings (SSSR count). The number of hydrogen-bond donors (Lipinski definition) is 1. The molecule has 1 aliphatic rings. The van der Waals surface area contributed by atoms with Gasteiger partial charge in [0.15, 0.2) is 5.78 Å². The van der Waals surface area contributed by atoms with Crippen molar-refractivity contribution in [1.29, 1.82) is 0 Å². The molecule has 0 spiro atoms. The minimum absolute atomic E-state index is 0.149. The highest BCUT2D eigenvalue weighted by Crippen LogP contribution is 2.28. The van der Waals surface area contributed by atoms with Gasteiger partial charge in [-0.25, -0.2) is 4.79 Å². The predicted octanol–water partition coefficient (Wildman–Crippen LogP) is 2.76. The molecule has 16 heavy (non-hydrogen) atoms. The zero-order valence-corrected chi connectivity index (χ0v) is 8.98. The molecule has 0 radical (unpaired) electrons. The fourth-order valence-electron chi connectivity index (χ4n) is 2.20. The third-order valence-corrected chi connectivity index (χ3v) is 3.14. The zero-order chi connectivity index (χ0) is 11.5. The Labute approximate surface area is 94.1 Å². The number of Topliss-reactive ketones (excluding diaryl/α,β-unsaturated/α-hetero) is 1. The lowest BCUT2D eigenvalue weighted by Gasteiger charge is -2.07. The van der Waals surface area contributed by atoms with Crippen LogP contribution in [0.1, 0.15) is 46.4 Å². The molecule has 3 nitrogen and oxygen atoms in total. The molecule has 1 aliphatic carbocycles. The highest BCUT2D eigenvalue weighted by atomic mass is 16.4. The molecule has 1 aromatic carbocycles. The summed E-state index contributed by atoms with van der Waals surface area (Å²) in [6, 6.07) is 6.21. The first kappa shape index (κ1) is 10.9. The van der Waals surface area contributed by atoms with Crippen LogP contribution < -0.4 is 0 Å². The Kier molecular flexibility index (Phi) is 3.04. The maximum atomic E-state index is 12.0. The van der Waals surface area contributed by atoms with E-state index in [2.05, 4.69) is 0 Å². The standard InChI is InChI=1S/C13H14O3/c14-12(9-3-1-2-4-9)10-5-7-11(8-6-10)13(15)16/h5-9H,1-4H2,(H,15,16). The second-order valence-electron chi connectivity index (χ2n) is 4.23. The number of aromatic carboxylic acids is 1. The molecular weight excluding hydrogens is 204 g/mol. The summed E-state index contributed by atoms with van der Waals surface area (Å²) in [6.07, 6.45) is 4.20. The monoisotopic (exact) mass is 218 g/mol. The van der Waals surface area contributed by atoms with E-state index in [4.69, 9.17) is 5.11 Å². The van der Waals surface area contributed by atoms with E-state index in [9.17, 15) is 9.59 Å². The Morgan fingerprint density at radius 1 is 1.00 bits per heavy atom. The van der Waals surface area contributed by atoms with Crippen LogP contribution in [0.4, 0.5) is 0 Å². The highest BCUT2D eigenvalue weighted by molar-refractivity contribution is 5.99. The summed E-state index contributed by atoms with van der Waals surface area (Å²) in [7, 11) is 0. The van der Waals surface area contributed by atoms with Crippen molar-refractivity contribution in [2.75, 3.05) is 0 Å². The van der Waals surface area contributed by atoms with Gasteiger partial charge in [-0.05, 0) is 25.0 Å². The van der Waals surface area contributed by atoms with Crippen LogP contribution in [0.2, 0.25) is 0 Å². The van der Waals surface area contributed by atoms with E-state index in [-0.39, 0.29) is 17.3 Å². The Hall–Kier alpha value is -1.64. The first-order chi connectivity index (χ1) is 7.68. The van der Waals surface area contributed by atoms with Gasteiger partial charge in [-0.3, -0.25) is 4.79 Å². The fraction of sp³-hybridized carbons (Fsp3) is 0.385. The van der Waals surface area contributed by atoms with E-state index >= 15 is 0 Å². The van der Waals surface area contributed by atoms with Crippen molar-refractivity contribution in [1.82, 2.24) is 0 Å². The predicted molar refractivity (Wildman–Crippen MR) is 59.7 cm³/mol. The summed E-state index contributed by atoms with van der Waals surface area (Å²) >= 11 is 0. The highest BCUT2D eigenvalue weighted by Gasteiger charge is 2.23. The topological polar surface area (TPSA) is 54.4 Å². The lowest BCUT2D eigenvalue weighted by atomic mass is 9.96. The average Bonchev–Trinajstić information content (AvgIpc) is 2.81. The number of carbonyl (C=O) groups is 2. The zero-order valence-electron chi connectivity index (χ0n) is 8.98. The van der Waals surface area contributed by atoms with Gasteiger partial charge >= 0.3 is 5.97 Å². The molecule has 0 heterocycles. The summed E-state index contributed by atoms with van der Waals surface area (Å²) in [5, 5.41) is 8.74. The van der Waals surface area contributed by atoms with Gasteiger partial charge in [0.2, 0.25) is 0 Å². The van der Waals surface area contributed by atoms with Gasteiger partial charge in [0.25, 0.3) is 0 Å². The van der Waals surface area contributed by atoms with Crippen LogP contribution in [0.15, 0.2) is 24.3 Å². The molecule has 0 bridgehead atoms. The van der Waals surface area contributed by atoms with Crippen molar-refractivity contribution >= 4 is 11.8 Å². The van der Waals surface area contributed by atoms with Crippen molar-refractivity contribution in [2.45, 2.75) is 25.7 Å². The van der Waals surface area contributed by atoms with Gasteiger partial charge in [0.1, 0.15) is 0 Å². The first-order valence-electron chi connectivity index (χ1n) is 5.56. The molecular formula is C13H14O3. The van der Waals surface area contributed by atoms with Crippen LogP contribution in [0, 0.1) is 5.92 Å². The Bertz CT molecular complexity index is 400. The Morgan fingerprint density at radius 2 is 1.50 bits per heavy atom. The summed E-state index contributed by atoms with van der Waals surface area (Å²) in [5.74, 6) is -0.648. The lowest BCUT2D eigenvalue weighted by molar-refractivity contribution is 0.0696. The Balaban J connectivity index is 2.14. The van der Waals surface area contributed by atoms with Crippen LogP contribution >= 0.6 is 0 Å². The van der Waals surface area contributed by atoms with E-state index in [1.165, 1.54) is 12.1 Å². The molecule has 1 saturated carbocycles. The maximum Gasteiger partial charge on any atom is 0.335 e. The second-order valence-corrected chi connectivity index (χ2v) is 4.23. The molecule has 1 N–H and O–H groups in total. The lowest BCUT2D eigenvalue weighted by Crippen LogP contribution is -2.11. The molecule has 0 saturated heterocycles. The summed E-state index contributed by atoms with van der Waals surface area (Å²) in [6.45, 7) is 0. The first-order valence-corrected chi connectivity index (χ1v) is 5.56. The smallest absolute Gasteiger partial charge is 0.335 e. The largest absolute Gasteiger partial charge is 0.478 e. The van der Waals surface area contributed by atoms with Crippen LogP contribution in [0.3, 0.4) is 0 Å². The van der Waals surface area contributed by atoms with Gasteiger partial charge in [0.05, 0.1) is 5.56 Å². The quantitative estimate of drug-likeness (QED) is 0.793. The molecule has 0 atom stereocenters. The third-order valence-electron chi connectivity index (χ3n) is 3.14. The van der Waals surface area contributed by atoms with Crippen molar-refractivity contribution in [2.24, 2.45) is 5.92 Å². The molecule has 1 aromatic rings. The van der Waals surface area contributed by atoms with Crippen molar-refractivity contribution in [3.63, 3.8) is 0 Å². The number of hydrogen-bond acceptors (Lipinski definition) is 2. The number of carboxylic acid groups (broad SMARTS) is 1. The van der Waals surface area contributed by atoms with Gasteiger partial charge in [-0.1, -0.05) is 25.0 Å². The van der Waals surface area contributed by atoms with Gasteiger partial charge < -0.3 is 5.11 Å². The molecule has 0 unspecified atom stereocenters. The van der Waals surface area contributed by atoms with Crippen LogP contribution in [-0.2, 0) is 0 Å². The maximum absolute atomic E-state index is 12.0. The number of rotatable bonds is 3. The van der Waals surface area contributed by atoms with Crippen molar-refractivity contribution in [3.05, 3.63) is 35.4 Å². The molecule has 84 valence electrons. The average molecular weight is 218 g/mol. The van der Waals surface area contributed by atoms with E-state index < -0.39 is 5.97 Å². The molecule has 1 fully saturated rings. The normalized spacial score (nSPS) is 16.2. The van der Waals surface area contributed by atoms with E-state index in [1.807, 2.05) is 0 Å². The van der Waals surface area contributed by atoms with Crippen LogP contribution in [0.25, 0.3) is 0 Å². The van der Waals surface area contributed by atoms with Gasteiger partial charge in [0, 0.05) is 11.5 Å². The van der Waals surface area contributed by atoms with E-state index in [0.29, 0.717) is 5.56 Å². The SMILES string of the molecule is O=C(O)c1ccc(C(=O)C2CCCC2)cc1. The molecule has 0 amide bonds. The van der Waals surface area contributed by atoms with E-state index in [0.717, 1.165) is 25.7 Å². The number of ketones is 1. The third kappa shape index (κ3) is 2.13. The minimum Gasteiger partial charge on any atom is -0.478 e. The summed E-state index contributed by atoms with van der Waals surface area (Å²) < 4.78 is 0. The molecule has 3 heteroatoms. The number of carbonyl (C=O) groups excluding carboxylic acids is 1. The number of benzene rings is 1. The fourth-order valence-corrected chi connectivity index (χ4v) is 2.20. The second kappa shape index (κ2) is 4.47. The Morgan fingerprint density at radius 3 is 2.00 bits per heavy atom. The summed E-state index contributed by atoms with van der Waals surface area (Å²) in [5.41, 5.74) is 0.861. The van der Waals surface area contributed by atoms with Crippen molar-refractivity contribution in [3.8, 4) is 0 Å². The van der Waals surface area contributed by atoms with Crippen LogP contribution in [0.5, 0.6) is 0 Å². The summed E-state index contributed by atoms with van der Waals surface area (Å²) in [4.78, 5) is 22.6.